The summed E-state index contributed by atoms with van der Waals surface area (Å²) < 4.78 is 0. The van der Waals surface area contributed by atoms with Crippen LogP contribution in [0.3, 0.4) is 0 Å². The van der Waals surface area contributed by atoms with Crippen LogP contribution in [0.4, 0.5) is 0 Å². The van der Waals surface area contributed by atoms with Gasteiger partial charge in [0.25, 0.3) is 0 Å². The van der Waals surface area contributed by atoms with Gasteiger partial charge in [0.15, 0.2) is 0 Å². The SMILES string of the molecule is O=Cc1ccccc1[CH]c1ccccc1. The highest BCUT2D eigenvalue weighted by Gasteiger charge is 2.01. The van der Waals surface area contributed by atoms with Gasteiger partial charge in [0.05, 0.1) is 0 Å². The van der Waals surface area contributed by atoms with Gasteiger partial charge in [-0.25, -0.2) is 0 Å². The van der Waals surface area contributed by atoms with Crippen LogP contribution in [0.25, 0.3) is 0 Å². The number of carbonyl (C=O) groups is 1. The first-order valence-electron chi connectivity index (χ1n) is 4.84. The first-order valence-corrected chi connectivity index (χ1v) is 4.84. The Hall–Kier alpha value is -1.89. The van der Waals surface area contributed by atoms with Gasteiger partial charge >= 0.3 is 0 Å². The zero-order valence-electron chi connectivity index (χ0n) is 8.26. The monoisotopic (exact) mass is 195 g/mol. The second-order valence-electron chi connectivity index (χ2n) is 3.30. The van der Waals surface area contributed by atoms with Gasteiger partial charge in [-0.05, 0) is 11.1 Å². The fraction of sp³-hybridized carbons (Fsp3) is 0. The van der Waals surface area contributed by atoms with Crippen molar-refractivity contribution in [1.82, 2.24) is 0 Å². The number of rotatable bonds is 3. The highest BCUT2D eigenvalue weighted by molar-refractivity contribution is 5.78. The van der Waals surface area contributed by atoms with Crippen LogP contribution in [-0.4, -0.2) is 6.29 Å². The number of benzene rings is 2. The average Bonchev–Trinajstić information content (AvgIpc) is 2.31. The lowest BCUT2D eigenvalue weighted by atomic mass is 10.0. The van der Waals surface area contributed by atoms with Crippen LogP contribution in [0.5, 0.6) is 0 Å². The van der Waals surface area contributed by atoms with Gasteiger partial charge in [0.1, 0.15) is 6.29 Å². The van der Waals surface area contributed by atoms with Gasteiger partial charge in [-0.3, -0.25) is 4.79 Å². The molecular weight excluding hydrogens is 184 g/mol. The molecule has 0 aliphatic heterocycles. The summed E-state index contributed by atoms with van der Waals surface area (Å²) in [5.74, 6) is 0. The summed E-state index contributed by atoms with van der Waals surface area (Å²) in [6.07, 6.45) is 2.89. The second kappa shape index (κ2) is 4.56. The van der Waals surface area contributed by atoms with Crippen molar-refractivity contribution in [2.45, 2.75) is 0 Å². The van der Waals surface area contributed by atoms with E-state index in [1.165, 1.54) is 0 Å². The molecule has 1 radical (unpaired) electrons. The number of aldehydes is 1. The Bertz CT molecular complexity index is 446. The molecule has 73 valence electrons. The van der Waals surface area contributed by atoms with E-state index in [-0.39, 0.29) is 0 Å². The van der Waals surface area contributed by atoms with E-state index in [1.54, 1.807) is 0 Å². The molecule has 0 saturated carbocycles. The molecule has 0 amide bonds. The maximum Gasteiger partial charge on any atom is 0.150 e. The van der Waals surface area contributed by atoms with E-state index in [9.17, 15) is 4.79 Å². The van der Waals surface area contributed by atoms with Crippen LogP contribution in [0, 0.1) is 6.42 Å². The van der Waals surface area contributed by atoms with Crippen molar-refractivity contribution in [3.8, 4) is 0 Å². The van der Waals surface area contributed by atoms with Gasteiger partial charge in [-0.2, -0.15) is 0 Å². The fourth-order valence-electron chi connectivity index (χ4n) is 1.48. The lowest BCUT2D eigenvalue weighted by molar-refractivity contribution is 0.112. The summed E-state index contributed by atoms with van der Waals surface area (Å²) in [5.41, 5.74) is 2.78. The summed E-state index contributed by atoms with van der Waals surface area (Å²) in [7, 11) is 0. The van der Waals surface area contributed by atoms with Crippen LogP contribution in [-0.2, 0) is 0 Å². The largest absolute Gasteiger partial charge is 0.298 e. The van der Waals surface area contributed by atoms with E-state index >= 15 is 0 Å². The molecule has 2 rings (SSSR count). The van der Waals surface area contributed by atoms with E-state index in [0.717, 1.165) is 23.0 Å². The third kappa shape index (κ3) is 2.32. The van der Waals surface area contributed by atoms with E-state index in [0.29, 0.717) is 0 Å². The predicted octanol–water partition coefficient (Wildman–Crippen LogP) is 3.10. The second-order valence-corrected chi connectivity index (χ2v) is 3.30. The number of hydrogen-bond acceptors (Lipinski definition) is 1. The van der Waals surface area contributed by atoms with Gasteiger partial charge in [0.2, 0.25) is 0 Å². The van der Waals surface area contributed by atoms with Gasteiger partial charge in [-0.15, -0.1) is 0 Å². The lowest BCUT2D eigenvalue weighted by Gasteiger charge is -2.03. The van der Waals surface area contributed by atoms with Gasteiger partial charge < -0.3 is 0 Å². The topological polar surface area (TPSA) is 17.1 Å². The standard InChI is InChI=1S/C14H11O/c15-11-14-9-5-4-8-13(14)10-12-6-2-1-3-7-12/h1-11H. The smallest absolute Gasteiger partial charge is 0.150 e. The molecule has 2 aromatic carbocycles. The molecule has 0 saturated heterocycles. The van der Waals surface area contributed by atoms with Crippen molar-refractivity contribution >= 4 is 6.29 Å². The normalized spacial score (nSPS) is 9.87. The molecule has 0 spiro atoms. The van der Waals surface area contributed by atoms with Crippen LogP contribution in [0.15, 0.2) is 54.6 Å². The number of carbonyl (C=O) groups excluding carboxylic acids is 1. The van der Waals surface area contributed by atoms with Crippen molar-refractivity contribution in [3.05, 3.63) is 77.7 Å². The Kier molecular flexibility index (Phi) is 2.93. The minimum Gasteiger partial charge on any atom is -0.298 e. The third-order valence-electron chi connectivity index (χ3n) is 2.24. The molecule has 1 heteroatoms. The zero-order valence-corrected chi connectivity index (χ0v) is 8.26. The van der Waals surface area contributed by atoms with Crippen LogP contribution >= 0.6 is 0 Å². The van der Waals surface area contributed by atoms with E-state index in [4.69, 9.17) is 0 Å². The molecule has 0 bridgehead atoms. The molecule has 0 aliphatic rings. The van der Waals surface area contributed by atoms with E-state index < -0.39 is 0 Å². The first-order chi connectivity index (χ1) is 7.40. The fourth-order valence-corrected chi connectivity index (χ4v) is 1.48. The molecular formula is C14H11O. The first kappa shape index (κ1) is 9.66. The summed E-state index contributed by atoms with van der Waals surface area (Å²) >= 11 is 0. The maximum absolute atomic E-state index is 10.8. The molecule has 2 aromatic rings. The highest BCUT2D eigenvalue weighted by atomic mass is 16.1. The van der Waals surface area contributed by atoms with Crippen molar-refractivity contribution in [2.75, 3.05) is 0 Å². The Labute approximate surface area is 89.4 Å². The molecule has 0 atom stereocenters. The van der Waals surface area contributed by atoms with E-state index in [2.05, 4.69) is 0 Å². The molecule has 0 fully saturated rings. The van der Waals surface area contributed by atoms with E-state index in [1.807, 2.05) is 61.0 Å². The highest BCUT2D eigenvalue weighted by Crippen LogP contribution is 2.14. The Morgan fingerprint density at radius 2 is 1.33 bits per heavy atom. The molecule has 15 heavy (non-hydrogen) atoms. The van der Waals surface area contributed by atoms with Crippen molar-refractivity contribution < 1.29 is 4.79 Å². The third-order valence-corrected chi connectivity index (χ3v) is 2.24. The Balaban J connectivity index is 2.28. The summed E-state index contributed by atoms with van der Waals surface area (Å²) in [6, 6.07) is 17.5. The average molecular weight is 195 g/mol. The molecule has 1 nitrogen and oxygen atoms in total. The van der Waals surface area contributed by atoms with Crippen LogP contribution in [0.2, 0.25) is 0 Å². The van der Waals surface area contributed by atoms with Crippen molar-refractivity contribution in [2.24, 2.45) is 0 Å². The van der Waals surface area contributed by atoms with Crippen LogP contribution in [0.1, 0.15) is 21.5 Å². The summed E-state index contributed by atoms with van der Waals surface area (Å²) in [6.45, 7) is 0. The van der Waals surface area contributed by atoms with Crippen LogP contribution < -0.4 is 0 Å². The summed E-state index contributed by atoms with van der Waals surface area (Å²) in [5, 5.41) is 0. The molecule has 0 heterocycles. The van der Waals surface area contributed by atoms with Crippen molar-refractivity contribution in [3.63, 3.8) is 0 Å². The Morgan fingerprint density at radius 1 is 0.733 bits per heavy atom. The van der Waals surface area contributed by atoms with Gasteiger partial charge in [0, 0.05) is 12.0 Å². The van der Waals surface area contributed by atoms with Gasteiger partial charge in [-0.1, -0.05) is 54.6 Å². The number of hydrogen-bond donors (Lipinski definition) is 0. The zero-order chi connectivity index (χ0) is 10.5. The molecule has 0 N–H and O–H groups in total. The summed E-state index contributed by atoms with van der Waals surface area (Å²) in [4.78, 5) is 10.8. The maximum atomic E-state index is 10.8. The quantitative estimate of drug-likeness (QED) is 0.688. The minimum atomic E-state index is 0.723. The lowest BCUT2D eigenvalue weighted by Crippen LogP contribution is -1.91. The Morgan fingerprint density at radius 3 is 2.00 bits per heavy atom. The molecule has 0 aromatic heterocycles. The molecule has 0 unspecified atom stereocenters. The van der Waals surface area contributed by atoms with Crippen molar-refractivity contribution in [1.29, 1.82) is 0 Å². The predicted molar refractivity (Wildman–Crippen MR) is 60.8 cm³/mol. The minimum absolute atomic E-state index is 0.723. The molecule has 0 aliphatic carbocycles.